The van der Waals surface area contributed by atoms with Crippen LogP contribution in [0.1, 0.15) is 5.76 Å². The van der Waals surface area contributed by atoms with Crippen LogP contribution in [0.15, 0.2) is 64.7 Å². The molecular formula is C20H11Cl2N3O5. The summed E-state index contributed by atoms with van der Waals surface area (Å²) in [5.74, 6) is -0.0446. The van der Waals surface area contributed by atoms with Crippen LogP contribution in [-0.2, 0) is 4.79 Å². The van der Waals surface area contributed by atoms with Crippen LogP contribution < -0.4 is 10.2 Å². The lowest BCUT2D eigenvalue weighted by atomic mass is 10.1. The molecule has 0 atom stereocenters. The van der Waals surface area contributed by atoms with E-state index in [1.807, 2.05) is 0 Å². The zero-order valence-corrected chi connectivity index (χ0v) is 16.5. The van der Waals surface area contributed by atoms with E-state index in [1.54, 1.807) is 30.3 Å². The number of anilines is 1. The highest BCUT2D eigenvalue weighted by Crippen LogP contribution is 2.33. The number of furan rings is 1. The minimum atomic E-state index is -0.623. The van der Waals surface area contributed by atoms with E-state index in [4.69, 9.17) is 27.6 Å². The highest BCUT2D eigenvalue weighted by atomic mass is 35.5. The normalized spacial score (nSPS) is 15.0. The van der Waals surface area contributed by atoms with E-state index in [9.17, 15) is 19.7 Å². The summed E-state index contributed by atoms with van der Waals surface area (Å²) < 4.78 is 5.66. The minimum absolute atomic E-state index is 0.00557. The average molecular weight is 444 g/mol. The molecule has 0 saturated carbocycles. The maximum atomic E-state index is 12.7. The van der Waals surface area contributed by atoms with Crippen molar-refractivity contribution in [3.63, 3.8) is 0 Å². The first-order valence-electron chi connectivity index (χ1n) is 8.50. The Morgan fingerprint density at radius 2 is 1.87 bits per heavy atom. The van der Waals surface area contributed by atoms with Gasteiger partial charge in [-0.2, -0.15) is 0 Å². The highest BCUT2D eigenvalue weighted by Gasteiger charge is 2.35. The van der Waals surface area contributed by atoms with E-state index in [2.05, 4.69) is 5.32 Å². The zero-order chi connectivity index (χ0) is 21.4. The summed E-state index contributed by atoms with van der Waals surface area (Å²) in [4.78, 5) is 36.4. The van der Waals surface area contributed by atoms with Crippen LogP contribution in [0.25, 0.3) is 17.4 Å². The lowest BCUT2D eigenvalue weighted by molar-refractivity contribution is -0.384. The summed E-state index contributed by atoms with van der Waals surface area (Å²) in [5, 5.41) is 14.1. The number of rotatable bonds is 4. The number of nitro benzene ring substituents is 1. The first-order valence-corrected chi connectivity index (χ1v) is 9.26. The molecule has 1 aromatic heterocycles. The number of hydrogen-bond donors (Lipinski definition) is 1. The fourth-order valence-electron chi connectivity index (χ4n) is 2.92. The Kier molecular flexibility index (Phi) is 5.03. The van der Waals surface area contributed by atoms with Crippen LogP contribution in [0.3, 0.4) is 0 Å². The van der Waals surface area contributed by atoms with E-state index >= 15 is 0 Å². The molecule has 1 aliphatic heterocycles. The molecule has 3 amide bonds. The highest BCUT2D eigenvalue weighted by molar-refractivity contribution is 6.33. The molecular weight excluding hydrogens is 433 g/mol. The Labute approximate surface area is 179 Å². The van der Waals surface area contributed by atoms with Gasteiger partial charge in [-0.25, -0.2) is 9.69 Å². The summed E-state index contributed by atoms with van der Waals surface area (Å²) in [6.07, 6.45) is 1.36. The number of nitrogens with one attached hydrogen (secondary N) is 1. The smallest absolute Gasteiger partial charge is 0.333 e. The van der Waals surface area contributed by atoms with Crippen molar-refractivity contribution in [1.29, 1.82) is 0 Å². The van der Waals surface area contributed by atoms with Gasteiger partial charge in [0.25, 0.3) is 11.6 Å². The molecule has 2 heterocycles. The molecule has 3 aromatic rings. The van der Waals surface area contributed by atoms with Gasteiger partial charge in [-0.3, -0.25) is 14.9 Å². The van der Waals surface area contributed by atoms with Gasteiger partial charge < -0.3 is 9.73 Å². The van der Waals surface area contributed by atoms with Gasteiger partial charge >= 0.3 is 6.03 Å². The molecule has 10 heteroatoms. The van der Waals surface area contributed by atoms with Crippen molar-refractivity contribution in [3.8, 4) is 11.3 Å². The number of non-ortho nitro benzene ring substituents is 1. The summed E-state index contributed by atoms with van der Waals surface area (Å²) >= 11 is 12.1. The van der Waals surface area contributed by atoms with Crippen molar-refractivity contribution in [2.45, 2.75) is 0 Å². The first kappa shape index (κ1) is 19.7. The maximum Gasteiger partial charge on any atom is 0.333 e. The molecule has 1 saturated heterocycles. The van der Waals surface area contributed by atoms with Crippen LogP contribution in [0.2, 0.25) is 10.0 Å². The number of carbonyl (C=O) groups is 2. The van der Waals surface area contributed by atoms with Gasteiger partial charge in [-0.15, -0.1) is 0 Å². The topological polar surface area (TPSA) is 106 Å². The predicted octanol–water partition coefficient (Wildman–Crippen LogP) is 5.26. The van der Waals surface area contributed by atoms with Crippen molar-refractivity contribution in [2.24, 2.45) is 0 Å². The number of nitro groups is 1. The Bertz CT molecular complexity index is 1230. The summed E-state index contributed by atoms with van der Waals surface area (Å²) in [5.41, 5.74) is 0.530. The molecule has 1 N–H and O–H groups in total. The standard InChI is InChI=1S/C20H11Cl2N3O5/c21-11-2-1-3-12(8-11)24-19(26)17(23-20(24)27)10-14-5-7-18(30-14)15-9-13(25(28)29)4-6-16(15)22/h1-10H,(H,23,27)/b17-10+. The molecule has 0 bridgehead atoms. The first-order chi connectivity index (χ1) is 14.3. The second kappa shape index (κ2) is 7.66. The molecule has 1 fully saturated rings. The van der Waals surface area contributed by atoms with Gasteiger partial charge in [0.1, 0.15) is 17.2 Å². The molecule has 30 heavy (non-hydrogen) atoms. The Balaban J connectivity index is 1.64. The second-order valence-electron chi connectivity index (χ2n) is 6.23. The van der Waals surface area contributed by atoms with Crippen molar-refractivity contribution in [1.82, 2.24) is 5.32 Å². The van der Waals surface area contributed by atoms with Crippen molar-refractivity contribution in [3.05, 3.63) is 86.2 Å². The Hall–Kier alpha value is -3.62. The number of urea groups is 1. The quantitative estimate of drug-likeness (QED) is 0.256. The van der Waals surface area contributed by atoms with Crippen LogP contribution in [0, 0.1) is 10.1 Å². The van der Waals surface area contributed by atoms with Crippen LogP contribution in [0.5, 0.6) is 0 Å². The maximum absolute atomic E-state index is 12.7. The van der Waals surface area contributed by atoms with E-state index in [0.29, 0.717) is 16.3 Å². The number of carbonyl (C=O) groups excluding carboxylic acids is 2. The summed E-state index contributed by atoms with van der Waals surface area (Å²) in [6.45, 7) is 0. The predicted molar refractivity (Wildman–Crippen MR) is 111 cm³/mol. The number of benzene rings is 2. The molecule has 0 spiro atoms. The molecule has 8 nitrogen and oxygen atoms in total. The van der Waals surface area contributed by atoms with Gasteiger partial charge in [0.15, 0.2) is 0 Å². The van der Waals surface area contributed by atoms with E-state index < -0.39 is 16.9 Å². The van der Waals surface area contributed by atoms with Crippen molar-refractivity contribution < 1.29 is 18.9 Å². The zero-order valence-electron chi connectivity index (χ0n) is 15.0. The third-order valence-corrected chi connectivity index (χ3v) is 4.85. The number of imide groups is 1. The van der Waals surface area contributed by atoms with E-state index in [0.717, 1.165) is 4.90 Å². The molecule has 2 aromatic carbocycles. The van der Waals surface area contributed by atoms with Crippen molar-refractivity contribution in [2.75, 3.05) is 4.90 Å². The number of halogens is 2. The summed E-state index contributed by atoms with van der Waals surface area (Å²) in [6, 6.07) is 12.8. The largest absolute Gasteiger partial charge is 0.457 e. The van der Waals surface area contributed by atoms with Gasteiger partial charge in [0, 0.05) is 28.8 Å². The van der Waals surface area contributed by atoms with Crippen LogP contribution in [-0.4, -0.2) is 16.9 Å². The average Bonchev–Trinajstić information content (AvgIpc) is 3.26. The van der Waals surface area contributed by atoms with Crippen LogP contribution in [0.4, 0.5) is 16.2 Å². The molecule has 0 aliphatic carbocycles. The number of nitrogens with zero attached hydrogens (tertiary/aromatic N) is 2. The number of amides is 3. The van der Waals surface area contributed by atoms with Gasteiger partial charge in [-0.05, 0) is 36.4 Å². The molecule has 150 valence electrons. The lowest BCUT2D eigenvalue weighted by Crippen LogP contribution is -2.30. The molecule has 4 rings (SSSR count). The van der Waals surface area contributed by atoms with E-state index in [-0.39, 0.29) is 27.9 Å². The SMILES string of the molecule is O=C1N/C(=C/c2ccc(-c3cc([N+](=O)[O-])ccc3Cl)o2)C(=O)N1c1cccc(Cl)c1. The third-order valence-electron chi connectivity index (χ3n) is 4.28. The third kappa shape index (κ3) is 3.66. The minimum Gasteiger partial charge on any atom is -0.457 e. The Morgan fingerprint density at radius 3 is 2.60 bits per heavy atom. The molecule has 0 radical (unpaired) electrons. The van der Waals surface area contributed by atoms with Gasteiger partial charge in [-0.1, -0.05) is 29.3 Å². The summed E-state index contributed by atoms with van der Waals surface area (Å²) in [7, 11) is 0. The second-order valence-corrected chi connectivity index (χ2v) is 7.08. The van der Waals surface area contributed by atoms with E-state index in [1.165, 1.54) is 30.3 Å². The molecule has 1 aliphatic rings. The monoisotopic (exact) mass is 443 g/mol. The molecule has 0 unspecified atom stereocenters. The fraction of sp³-hybridized carbons (Fsp3) is 0. The Morgan fingerprint density at radius 1 is 1.07 bits per heavy atom. The van der Waals surface area contributed by atoms with Gasteiger partial charge in [0.2, 0.25) is 0 Å². The van der Waals surface area contributed by atoms with Gasteiger partial charge in [0.05, 0.1) is 15.6 Å². The number of hydrogen-bond acceptors (Lipinski definition) is 5. The van der Waals surface area contributed by atoms with Crippen LogP contribution >= 0.6 is 23.2 Å². The van der Waals surface area contributed by atoms with Crippen molar-refractivity contribution >= 4 is 52.6 Å². The fourth-order valence-corrected chi connectivity index (χ4v) is 3.31. The lowest BCUT2D eigenvalue weighted by Gasteiger charge is -2.11.